The zero-order valence-electron chi connectivity index (χ0n) is 11.7. The number of hydrogen-bond donors (Lipinski definition) is 3. The van der Waals surface area contributed by atoms with E-state index in [1.54, 1.807) is 18.2 Å². The van der Waals surface area contributed by atoms with E-state index >= 15 is 0 Å². The first-order chi connectivity index (χ1) is 10.0. The Labute approximate surface area is 133 Å². The van der Waals surface area contributed by atoms with E-state index in [-0.39, 0.29) is 17.9 Å². The highest BCUT2D eigenvalue weighted by Crippen LogP contribution is 2.25. The van der Waals surface area contributed by atoms with Crippen LogP contribution in [0.5, 0.6) is 0 Å². The van der Waals surface area contributed by atoms with Gasteiger partial charge in [0.05, 0.1) is 10.7 Å². The Morgan fingerprint density at radius 2 is 2.24 bits per heavy atom. The first-order valence-corrected chi connectivity index (χ1v) is 8.26. The highest BCUT2D eigenvalue weighted by atomic mass is 35.5. The largest absolute Gasteiger partial charge is 0.326 e. The van der Waals surface area contributed by atoms with Crippen molar-refractivity contribution < 1.29 is 9.59 Å². The number of carbonyl (C=O) groups excluding carboxylic acids is 2. The third kappa shape index (κ3) is 5.22. The molecule has 21 heavy (non-hydrogen) atoms. The standard InChI is InChI=1S/C14H18ClN3O2S/c1-9(19)17-13-3-2-10(6-12(13)15)18-14(20)7-11-8-21-5-4-16-11/h2-3,6,11,16H,4-5,7-8H2,1H3,(H,17,19)(H,18,20). The number of rotatable bonds is 4. The number of halogens is 1. The molecule has 1 fully saturated rings. The Bertz CT molecular complexity index is 533. The molecule has 0 saturated carbocycles. The van der Waals surface area contributed by atoms with Crippen LogP contribution >= 0.6 is 23.4 Å². The van der Waals surface area contributed by atoms with Gasteiger partial charge in [-0.15, -0.1) is 0 Å². The number of nitrogens with one attached hydrogen (secondary N) is 3. The fourth-order valence-corrected chi connectivity index (χ4v) is 3.25. The van der Waals surface area contributed by atoms with Gasteiger partial charge in [-0.3, -0.25) is 9.59 Å². The van der Waals surface area contributed by atoms with Crippen LogP contribution in [0.4, 0.5) is 11.4 Å². The molecule has 0 radical (unpaired) electrons. The molecule has 0 aliphatic carbocycles. The predicted molar refractivity (Wildman–Crippen MR) is 88.1 cm³/mol. The van der Waals surface area contributed by atoms with Crippen LogP contribution in [0, 0.1) is 0 Å². The Balaban J connectivity index is 1.91. The summed E-state index contributed by atoms with van der Waals surface area (Å²) < 4.78 is 0. The summed E-state index contributed by atoms with van der Waals surface area (Å²) in [5.41, 5.74) is 1.16. The summed E-state index contributed by atoms with van der Waals surface area (Å²) in [5.74, 6) is 1.82. The molecular weight excluding hydrogens is 310 g/mol. The fraction of sp³-hybridized carbons (Fsp3) is 0.429. The quantitative estimate of drug-likeness (QED) is 0.794. The van der Waals surface area contributed by atoms with Gasteiger partial charge in [0, 0.05) is 43.1 Å². The molecule has 1 saturated heterocycles. The molecule has 3 N–H and O–H groups in total. The Morgan fingerprint density at radius 1 is 1.43 bits per heavy atom. The van der Waals surface area contributed by atoms with Gasteiger partial charge in [-0.05, 0) is 18.2 Å². The van der Waals surface area contributed by atoms with Gasteiger partial charge < -0.3 is 16.0 Å². The van der Waals surface area contributed by atoms with Gasteiger partial charge in [0.1, 0.15) is 0 Å². The Kier molecular flexibility index (Phi) is 5.90. The molecule has 1 aromatic carbocycles. The van der Waals surface area contributed by atoms with Crippen molar-refractivity contribution in [1.82, 2.24) is 5.32 Å². The summed E-state index contributed by atoms with van der Waals surface area (Å²) in [5, 5.41) is 9.17. The van der Waals surface area contributed by atoms with Crippen LogP contribution in [0.15, 0.2) is 18.2 Å². The normalized spacial score (nSPS) is 18.1. The van der Waals surface area contributed by atoms with Gasteiger partial charge in [0.25, 0.3) is 0 Å². The van der Waals surface area contributed by atoms with Crippen LogP contribution in [0.1, 0.15) is 13.3 Å². The second-order valence-electron chi connectivity index (χ2n) is 4.85. The lowest BCUT2D eigenvalue weighted by molar-refractivity contribution is -0.116. The highest BCUT2D eigenvalue weighted by Gasteiger charge is 2.17. The van der Waals surface area contributed by atoms with E-state index in [0.717, 1.165) is 18.1 Å². The maximum atomic E-state index is 12.0. The number of thioether (sulfide) groups is 1. The molecular formula is C14H18ClN3O2S. The Hall–Kier alpha value is -1.24. The first kappa shape index (κ1) is 16.1. The topological polar surface area (TPSA) is 70.2 Å². The molecule has 1 aliphatic rings. The number of amides is 2. The monoisotopic (exact) mass is 327 g/mol. The van der Waals surface area contributed by atoms with E-state index in [1.807, 2.05) is 11.8 Å². The first-order valence-electron chi connectivity index (χ1n) is 6.72. The van der Waals surface area contributed by atoms with Crippen molar-refractivity contribution in [3.8, 4) is 0 Å². The maximum Gasteiger partial charge on any atom is 0.225 e. The number of benzene rings is 1. The van der Waals surface area contributed by atoms with Crippen molar-refractivity contribution in [2.24, 2.45) is 0 Å². The van der Waals surface area contributed by atoms with Crippen molar-refractivity contribution >= 4 is 46.6 Å². The van der Waals surface area contributed by atoms with E-state index in [2.05, 4.69) is 16.0 Å². The second kappa shape index (κ2) is 7.68. The zero-order valence-corrected chi connectivity index (χ0v) is 13.3. The summed E-state index contributed by atoms with van der Waals surface area (Å²) >= 11 is 7.92. The average Bonchev–Trinajstić information content (AvgIpc) is 2.42. The minimum Gasteiger partial charge on any atom is -0.326 e. The van der Waals surface area contributed by atoms with Gasteiger partial charge in [-0.2, -0.15) is 11.8 Å². The van der Waals surface area contributed by atoms with Crippen molar-refractivity contribution in [2.45, 2.75) is 19.4 Å². The molecule has 2 amide bonds. The van der Waals surface area contributed by atoms with Crippen LogP contribution in [0.3, 0.4) is 0 Å². The molecule has 5 nitrogen and oxygen atoms in total. The SMILES string of the molecule is CC(=O)Nc1ccc(NC(=O)CC2CSCCN2)cc1Cl. The minimum absolute atomic E-state index is 0.0432. The molecule has 1 aromatic rings. The zero-order chi connectivity index (χ0) is 15.2. The maximum absolute atomic E-state index is 12.0. The molecule has 0 aromatic heterocycles. The predicted octanol–water partition coefficient (Wildman–Crippen LogP) is 2.33. The Morgan fingerprint density at radius 3 is 2.86 bits per heavy atom. The van der Waals surface area contributed by atoms with Crippen LogP contribution in [0.2, 0.25) is 5.02 Å². The summed E-state index contributed by atoms with van der Waals surface area (Å²) in [6.07, 6.45) is 0.443. The van der Waals surface area contributed by atoms with E-state index in [9.17, 15) is 9.59 Å². The van der Waals surface area contributed by atoms with Crippen molar-refractivity contribution in [3.05, 3.63) is 23.2 Å². The summed E-state index contributed by atoms with van der Waals surface area (Å²) in [6, 6.07) is 5.25. The van der Waals surface area contributed by atoms with Gasteiger partial charge in [0.15, 0.2) is 0 Å². The van der Waals surface area contributed by atoms with E-state index in [0.29, 0.717) is 22.8 Å². The second-order valence-corrected chi connectivity index (χ2v) is 6.41. The third-order valence-electron chi connectivity index (χ3n) is 2.99. The smallest absolute Gasteiger partial charge is 0.225 e. The lowest BCUT2D eigenvalue weighted by Crippen LogP contribution is -2.39. The summed E-state index contributed by atoms with van der Waals surface area (Å²) in [6.45, 7) is 2.36. The molecule has 1 unspecified atom stereocenters. The molecule has 114 valence electrons. The number of anilines is 2. The van der Waals surface area contributed by atoms with E-state index < -0.39 is 0 Å². The van der Waals surface area contributed by atoms with Gasteiger partial charge in [-0.1, -0.05) is 11.6 Å². The molecule has 2 rings (SSSR count). The number of carbonyl (C=O) groups is 2. The molecule has 1 aliphatic heterocycles. The van der Waals surface area contributed by atoms with Crippen LogP contribution in [0.25, 0.3) is 0 Å². The minimum atomic E-state index is -0.186. The summed E-state index contributed by atoms with van der Waals surface area (Å²) in [7, 11) is 0. The van der Waals surface area contributed by atoms with Crippen molar-refractivity contribution in [3.63, 3.8) is 0 Å². The average molecular weight is 328 g/mol. The lowest BCUT2D eigenvalue weighted by Gasteiger charge is -2.22. The molecule has 0 bridgehead atoms. The molecule has 1 atom stereocenters. The van der Waals surface area contributed by atoms with Crippen LogP contribution in [-0.2, 0) is 9.59 Å². The van der Waals surface area contributed by atoms with E-state index in [1.165, 1.54) is 6.92 Å². The molecule has 0 spiro atoms. The lowest BCUT2D eigenvalue weighted by atomic mass is 10.2. The van der Waals surface area contributed by atoms with Crippen LogP contribution in [-0.4, -0.2) is 35.9 Å². The molecule has 7 heteroatoms. The number of hydrogen-bond acceptors (Lipinski definition) is 4. The van der Waals surface area contributed by atoms with Crippen molar-refractivity contribution in [1.29, 1.82) is 0 Å². The third-order valence-corrected chi connectivity index (χ3v) is 4.44. The van der Waals surface area contributed by atoms with Gasteiger partial charge in [-0.25, -0.2) is 0 Å². The summed E-state index contributed by atoms with van der Waals surface area (Å²) in [4.78, 5) is 23.0. The molecule has 1 heterocycles. The van der Waals surface area contributed by atoms with Crippen molar-refractivity contribution in [2.75, 3.05) is 28.7 Å². The fourth-order valence-electron chi connectivity index (χ4n) is 2.07. The van der Waals surface area contributed by atoms with Crippen LogP contribution < -0.4 is 16.0 Å². The van der Waals surface area contributed by atoms with Gasteiger partial charge in [0.2, 0.25) is 11.8 Å². The van der Waals surface area contributed by atoms with E-state index in [4.69, 9.17) is 11.6 Å². The van der Waals surface area contributed by atoms with Gasteiger partial charge >= 0.3 is 0 Å². The highest BCUT2D eigenvalue weighted by molar-refractivity contribution is 7.99.